The normalized spacial score (nSPS) is 13.4. The van der Waals surface area contributed by atoms with Crippen molar-refractivity contribution in [3.8, 4) is 0 Å². The van der Waals surface area contributed by atoms with Crippen LogP contribution in [-0.4, -0.2) is 46.1 Å². The van der Waals surface area contributed by atoms with Gasteiger partial charge in [0, 0.05) is 0 Å². The van der Waals surface area contributed by atoms with Crippen molar-refractivity contribution >= 4 is 5.91 Å². The smallest absolute Gasteiger partial charge is 0.249 e. The summed E-state index contributed by atoms with van der Waals surface area (Å²) in [4.78, 5) is 12.6. The van der Waals surface area contributed by atoms with E-state index in [9.17, 15) is 20.1 Å². The quantitative estimate of drug-likeness (QED) is 0.0361. The summed E-state index contributed by atoms with van der Waals surface area (Å²) in [5.74, 6) is -0.508. The van der Waals surface area contributed by atoms with E-state index in [0.29, 0.717) is 6.42 Å². The fourth-order valence-corrected chi connectivity index (χ4v) is 9.49. The van der Waals surface area contributed by atoms with Crippen LogP contribution in [0.1, 0.15) is 328 Å². The number of rotatable bonds is 56. The van der Waals surface area contributed by atoms with Gasteiger partial charge in [-0.25, -0.2) is 0 Å². The molecule has 0 fully saturated rings. The monoisotopic (exact) mass is 942 g/mol. The first-order chi connectivity index (χ1) is 33.1. The molecule has 5 nitrogen and oxygen atoms in total. The summed E-state index contributed by atoms with van der Waals surface area (Å²) < 4.78 is 0. The molecule has 0 aliphatic rings. The predicted molar refractivity (Wildman–Crippen MR) is 296 cm³/mol. The third kappa shape index (κ3) is 52.2. The summed E-state index contributed by atoms with van der Waals surface area (Å²) >= 11 is 0. The molecule has 0 aromatic carbocycles. The lowest BCUT2D eigenvalue weighted by molar-refractivity contribution is -0.131. The predicted octanol–water partition coefficient (Wildman–Crippen LogP) is 19.0. The Kier molecular flexibility index (Phi) is 55.9. The molecule has 0 aliphatic heterocycles. The molecule has 67 heavy (non-hydrogen) atoms. The molecule has 0 aromatic heterocycles. The Morgan fingerprint density at radius 1 is 0.358 bits per heavy atom. The van der Waals surface area contributed by atoms with Crippen molar-refractivity contribution in [3.63, 3.8) is 0 Å². The average Bonchev–Trinajstić information content (AvgIpc) is 3.33. The molecule has 0 heterocycles. The number of aliphatic hydroxyl groups is 3. The highest BCUT2D eigenvalue weighted by Gasteiger charge is 2.22. The molecule has 0 spiro atoms. The largest absolute Gasteiger partial charge is 0.394 e. The van der Waals surface area contributed by atoms with Gasteiger partial charge in [-0.15, -0.1) is 0 Å². The molecule has 0 saturated heterocycles. The van der Waals surface area contributed by atoms with Gasteiger partial charge in [0.05, 0.1) is 18.8 Å². The van der Waals surface area contributed by atoms with Crippen LogP contribution in [0.3, 0.4) is 0 Å². The summed E-state index contributed by atoms with van der Waals surface area (Å²) in [6.07, 6.45) is 75.3. The standard InChI is InChI=1S/C62H119NO4/c1-3-5-7-9-11-13-15-17-19-21-23-25-27-28-29-30-31-32-33-35-37-39-41-43-45-47-49-51-53-55-57-61(66)62(67)63-59(58-64)60(65)56-54-52-50-48-46-44-42-40-38-36-34-26-24-22-20-18-16-14-12-10-8-6-4-2/h28-29,46,48,54,56,59-61,64-66H,3-27,30-45,47,49-53,55,57-58H2,1-2H3,(H,63,67)/b29-28-,48-46+,56-54+. The Balaban J connectivity index is 3.56. The van der Waals surface area contributed by atoms with E-state index in [4.69, 9.17) is 0 Å². The third-order valence-corrected chi connectivity index (χ3v) is 14.2. The minimum absolute atomic E-state index is 0.374. The number of aliphatic hydroxyl groups excluding tert-OH is 3. The van der Waals surface area contributed by atoms with Crippen molar-refractivity contribution in [1.82, 2.24) is 5.32 Å². The Morgan fingerprint density at radius 3 is 0.910 bits per heavy atom. The number of nitrogens with one attached hydrogen (secondary N) is 1. The summed E-state index contributed by atoms with van der Waals surface area (Å²) in [5, 5.41) is 33.4. The maximum Gasteiger partial charge on any atom is 0.249 e. The number of carbonyl (C=O) groups is 1. The lowest BCUT2D eigenvalue weighted by atomic mass is 10.0. The highest BCUT2D eigenvalue weighted by atomic mass is 16.3. The molecule has 3 atom stereocenters. The SMILES string of the molecule is CCCCCCCCCCCCCC/C=C\CCCCCCCCCCCCCCCCC(O)C(=O)NC(CO)C(O)/C=C/CC/C=C/CCCCCCCCCCCCCCCCCCC. The van der Waals surface area contributed by atoms with E-state index in [1.807, 2.05) is 6.08 Å². The molecule has 0 bridgehead atoms. The highest BCUT2D eigenvalue weighted by Crippen LogP contribution is 2.18. The zero-order valence-electron chi connectivity index (χ0n) is 45.3. The Bertz CT molecular complexity index is 1040. The molecule has 396 valence electrons. The maximum absolute atomic E-state index is 12.6. The van der Waals surface area contributed by atoms with Crippen molar-refractivity contribution in [2.24, 2.45) is 0 Å². The molecule has 3 unspecified atom stereocenters. The molecular formula is C62H119NO4. The van der Waals surface area contributed by atoms with Gasteiger partial charge in [-0.05, 0) is 57.8 Å². The van der Waals surface area contributed by atoms with Gasteiger partial charge in [0.15, 0.2) is 0 Å². The fraction of sp³-hybridized carbons (Fsp3) is 0.887. The van der Waals surface area contributed by atoms with E-state index >= 15 is 0 Å². The molecule has 0 radical (unpaired) electrons. The zero-order chi connectivity index (χ0) is 48.6. The number of allylic oxidation sites excluding steroid dienone is 5. The summed E-state index contributed by atoms with van der Waals surface area (Å²) in [6, 6.07) is -0.815. The van der Waals surface area contributed by atoms with Crippen LogP contribution in [0.4, 0.5) is 0 Å². The number of unbranched alkanes of at least 4 members (excludes halogenated alkanes) is 44. The number of amides is 1. The van der Waals surface area contributed by atoms with Crippen molar-refractivity contribution in [3.05, 3.63) is 36.5 Å². The van der Waals surface area contributed by atoms with E-state index in [1.54, 1.807) is 6.08 Å². The lowest BCUT2D eigenvalue weighted by Crippen LogP contribution is -2.48. The van der Waals surface area contributed by atoms with Gasteiger partial charge in [-0.1, -0.05) is 307 Å². The second-order valence-electron chi connectivity index (χ2n) is 20.9. The molecule has 0 aliphatic carbocycles. The van der Waals surface area contributed by atoms with Crippen LogP contribution in [0.25, 0.3) is 0 Å². The molecule has 5 heteroatoms. The summed E-state index contributed by atoms with van der Waals surface area (Å²) in [6.45, 7) is 4.21. The van der Waals surface area contributed by atoms with Gasteiger partial charge in [0.2, 0.25) is 5.91 Å². The molecule has 0 rings (SSSR count). The van der Waals surface area contributed by atoms with Crippen molar-refractivity contribution < 1.29 is 20.1 Å². The van der Waals surface area contributed by atoms with Gasteiger partial charge < -0.3 is 20.6 Å². The van der Waals surface area contributed by atoms with Gasteiger partial charge in [0.25, 0.3) is 0 Å². The van der Waals surface area contributed by atoms with Gasteiger partial charge >= 0.3 is 0 Å². The van der Waals surface area contributed by atoms with Crippen LogP contribution >= 0.6 is 0 Å². The van der Waals surface area contributed by atoms with Gasteiger partial charge in [-0.3, -0.25) is 4.79 Å². The summed E-state index contributed by atoms with van der Waals surface area (Å²) in [7, 11) is 0. The maximum atomic E-state index is 12.6. The second kappa shape index (κ2) is 57.2. The number of carbonyl (C=O) groups excluding carboxylic acids is 1. The number of hydrogen-bond acceptors (Lipinski definition) is 4. The second-order valence-corrected chi connectivity index (χ2v) is 20.9. The minimum Gasteiger partial charge on any atom is -0.394 e. The van der Waals surface area contributed by atoms with E-state index < -0.39 is 24.2 Å². The van der Waals surface area contributed by atoms with Crippen molar-refractivity contribution in [1.29, 1.82) is 0 Å². The Hall–Kier alpha value is -1.43. The van der Waals surface area contributed by atoms with Crippen LogP contribution in [0, 0.1) is 0 Å². The lowest BCUT2D eigenvalue weighted by Gasteiger charge is -2.21. The topological polar surface area (TPSA) is 89.8 Å². The van der Waals surface area contributed by atoms with Gasteiger partial charge in [-0.2, -0.15) is 0 Å². The summed E-state index contributed by atoms with van der Waals surface area (Å²) in [5.41, 5.74) is 0. The first kappa shape index (κ1) is 65.6. The van der Waals surface area contributed by atoms with Crippen LogP contribution in [0.2, 0.25) is 0 Å². The highest BCUT2D eigenvalue weighted by molar-refractivity contribution is 5.80. The van der Waals surface area contributed by atoms with E-state index in [1.165, 1.54) is 270 Å². The first-order valence-electron chi connectivity index (χ1n) is 30.3. The van der Waals surface area contributed by atoms with E-state index in [2.05, 4.69) is 43.5 Å². The zero-order valence-corrected chi connectivity index (χ0v) is 45.3. The first-order valence-corrected chi connectivity index (χ1v) is 30.3. The van der Waals surface area contributed by atoms with Crippen LogP contribution in [0.5, 0.6) is 0 Å². The van der Waals surface area contributed by atoms with Gasteiger partial charge in [0.1, 0.15) is 6.10 Å². The Labute approximate surface area is 419 Å². The molecular weight excluding hydrogens is 823 g/mol. The third-order valence-electron chi connectivity index (χ3n) is 14.2. The number of hydrogen-bond donors (Lipinski definition) is 4. The molecule has 1 amide bonds. The minimum atomic E-state index is -1.11. The molecule has 4 N–H and O–H groups in total. The fourth-order valence-electron chi connectivity index (χ4n) is 9.49. The van der Waals surface area contributed by atoms with E-state index in [0.717, 1.165) is 38.5 Å². The molecule has 0 aromatic rings. The van der Waals surface area contributed by atoms with Crippen LogP contribution in [0.15, 0.2) is 36.5 Å². The van der Waals surface area contributed by atoms with Crippen LogP contribution in [-0.2, 0) is 4.79 Å². The van der Waals surface area contributed by atoms with Crippen molar-refractivity contribution in [2.45, 2.75) is 347 Å². The average molecular weight is 943 g/mol. The Morgan fingerprint density at radius 2 is 0.612 bits per heavy atom. The van der Waals surface area contributed by atoms with E-state index in [-0.39, 0.29) is 6.61 Å². The molecule has 0 saturated carbocycles. The van der Waals surface area contributed by atoms with Crippen LogP contribution < -0.4 is 5.32 Å². The van der Waals surface area contributed by atoms with Crippen molar-refractivity contribution in [2.75, 3.05) is 6.61 Å².